The number of rotatable bonds is 2. The molecule has 0 atom stereocenters. The molecule has 1 aliphatic heterocycles. The minimum absolute atomic E-state index is 0.0396. The zero-order valence-corrected chi connectivity index (χ0v) is 13.0. The van der Waals surface area contributed by atoms with Gasteiger partial charge in [-0.3, -0.25) is 0 Å². The molecule has 20 heavy (non-hydrogen) atoms. The van der Waals surface area contributed by atoms with Crippen LogP contribution in [0.3, 0.4) is 0 Å². The molecule has 2 nitrogen and oxygen atoms in total. The molecule has 0 unspecified atom stereocenters. The normalized spacial score (nSPS) is 21.3. The summed E-state index contributed by atoms with van der Waals surface area (Å²) < 4.78 is 38.7. The Balaban J connectivity index is 2.37. The Labute approximate surface area is 123 Å². The number of hydrogen-bond donors (Lipinski definition) is 0. The Hall–Kier alpha value is -0.645. The maximum absolute atomic E-state index is 13.5. The third-order valence-corrected chi connectivity index (χ3v) is 4.32. The maximum atomic E-state index is 13.5. The van der Waals surface area contributed by atoms with Crippen molar-refractivity contribution in [2.45, 2.75) is 51.7 Å². The highest BCUT2D eigenvalue weighted by atomic mass is 35.5. The number of hydrogen-bond acceptors (Lipinski definition) is 2. The minimum atomic E-state index is -3.00. The monoisotopic (exact) mass is 302 g/mol. The van der Waals surface area contributed by atoms with Gasteiger partial charge in [-0.2, -0.15) is 0 Å². The van der Waals surface area contributed by atoms with E-state index in [1.54, 1.807) is 6.07 Å². The van der Waals surface area contributed by atoms with Crippen molar-refractivity contribution in [3.05, 3.63) is 28.8 Å². The molecule has 0 N–H and O–H groups in total. The molecule has 1 aromatic rings. The quantitative estimate of drug-likeness (QED) is 0.775. The van der Waals surface area contributed by atoms with E-state index in [4.69, 9.17) is 20.9 Å². The van der Waals surface area contributed by atoms with Crippen molar-refractivity contribution < 1.29 is 18.1 Å². The summed E-state index contributed by atoms with van der Waals surface area (Å²) in [6.45, 7) is 8.48. The second kappa shape index (κ2) is 4.68. The summed E-state index contributed by atoms with van der Waals surface area (Å²) in [7, 11) is -0.668. The van der Waals surface area contributed by atoms with Crippen LogP contribution in [0.15, 0.2) is 18.2 Å². The molecular formula is C14H18BClF2O2. The van der Waals surface area contributed by atoms with Crippen LogP contribution in [-0.4, -0.2) is 18.3 Å². The van der Waals surface area contributed by atoms with Gasteiger partial charge < -0.3 is 9.31 Å². The standard InChI is InChI=1S/C14H18BClF2O2/c1-12(2)13(3,4)20-15(19-12)9-6-7-11(16)10(8-9)14(5,17)18/h6-8H,1-5H3. The van der Waals surface area contributed by atoms with Crippen molar-refractivity contribution in [1.82, 2.24) is 0 Å². The van der Waals surface area contributed by atoms with Crippen LogP contribution in [0.25, 0.3) is 0 Å². The summed E-state index contributed by atoms with van der Waals surface area (Å²) in [6.07, 6.45) is 0. The minimum Gasteiger partial charge on any atom is -0.399 e. The molecule has 1 aromatic carbocycles. The molecule has 0 saturated carbocycles. The highest BCUT2D eigenvalue weighted by Gasteiger charge is 2.51. The van der Waals surface area contributed by atoms with Gasteiger partial charge in [0.2, 0.25) is 0 Å². The largest absolute Gasteiger partial charge is 0.494 e. The SMILES string of the molecule is CC(F)(F)c1cc(B2OC(C)(C)C(C)(C)O2)ccc1Cl. The molecule has 0 spiro atoms. The van der Waals surface area contributed by atoms with Crippen molar-refractivity contribution >= 4 is 24.2 Å². The molecule has 2 rings (SSSR count). The lowest BCUT2D eigenvalue weighted by Gasteiger charge is -2.32. The maximum Gasteiger partial charge on any atom is 0.494 e. The van der Waals surface area contributed by atoms with Gasteiger partial charge in [-0.15, -0.1) is 0 Å². The first-order valence-corrected chi connectivity index (χ1v) is 6.85. The summed E-state index contributed by atoms with van der Waals surface area (Å²) in [4.78, 5) is 0. The fraction of sp³-hybridized carbons (Fsp3) is 0.571. The van der Waals surface area contributed by atoms with Gasteiger partial charge in [0, 0.05) is 17.5 Å². The van der Waals surface area contributed by atoms with E-state index < -0.39 is 24.2 Å². The van der Waals surface area contributed by atoms with Crippen molar-refractivity contribution in [3.8, 4) is 0 Å². The predicted octanol–water partition coefficient (Wildman–Crippen LogP) is 3.75. The molecule has 0 aliphatic carbocycles. The van der Waals surface area contributed by atoms with E-state index in [9.17, 15) is 8.78 Å². The van der Waals surface area contributed by atoms with Crippen molar-refractivity contribution in [3.63, 3.8) is 0 Å². The van der Waals surface area contributed by atoms with Gasteiger partial charge in [0.15, 0.2) is 0 Å². The van der Waals surface area contributed by atoms with Crippen LogP contribution in [0.4, 0.5) is 8.78 Å². The topological polar surface area (TPSA) is 18.5 Å². The summed E-state index contributed by atoms with van der Waals surface area (Å²) >= 11 is 5.84. The molecule has 1 aliphatic rings. The Morgan fingerprint density at radius 1 is 1.10 bits per heavy atom. The lowest BCUT2D eigenvalue weighted by Crippen LogP contribution is -2.41. The first kappa shape index (κ1) is 15.7. The van der Waals surface area contributed by atoms with Gasteiger partial charge >= 0.3 is 7.12 Å². The van der Waals surface area contributed by atoms with Crippen LogP contribution in [0, 0.1) is 0 Å². The zero-order chi connectivity index (χ0) is 15.3. The number of halogens is 3. The summed E-state index contributed by atoms with van der Waals surface area (Å²) in [5.74, 6) is -3.00. The van der Waals surface area contributed by atoms with Crippen LogP contribution in [-0.2, 0) is 15.2 Å². The fourth-order valence-electron chi connectivity index (χ4n) is 2.01. The van der Waals surface area contributed by atoms with E-state index in [1.807, 2.05) is 27.7 Å². The lowest BCUT2D eigenvalue weighted by molar-refractivity contribution is 0.00578. The Kier molecular flexibility index (Phi) is 3.69. The van der Waals surface area contributed by atoms with Crippen LogP contribution in [0.5, 0.6) is 0 Å². The van der Waals surface area contributed by atoms with E-state index in [2.05, 4.69) is 0 Å². The molecule has 6 heteroatoms. The molecule has 1 heterocycles. The molecule has 0 radical (unpaired) electrons. The van der Waals surface area contributed by atoms with E-state index in [-0.39, 0.29) is 10.6 Å². The molecular weight excluding hydrogens is 284 g/mol. The summed E-state index contributed by atoms with van der Waals surface area (Å²) in [6, 6.07) is 4.46. The van der Waals surface area contributed by atoms with E-state index >= 15 is 0 Å². The highest BCUT2D eigenvalue weighted by Crippen LogP contribution is 2.37. The average Bonchev–Trinajstić information content (AvgIpc) is 2.47. The van der Waals surface area contributed by atoms with Gasteiger partial charge in [-0.1, -0.05) is 23.7 Å². The van der Waals surface area contributed by atoms with Crippen LogP contribution in [0.1, 0.15) is 40.2 Å². The second-order valence-electron chi connectivity index (χ2n) is 6.22. The second-order valence-corrected chi connectivity index (χ2v) is 6.62. The summed E-state index contributed by atoms with van der Waals surface area (Å²) in [5.41, 5.74) is -0.686. The van der Waals surface area contributed by atoms with Gasteiger partial charge in [0.05, 0.1) is 11.2 Å². The van der Waals surface area contributed by atoms with E-state index in [0.717, 1.165) is 6.92 Å². The van der Waals surface area contributed by atoms with Crippen molar-refractivity contribution in [2.75, 3.05) is 0 Å². The number of benzene rings is 1. The smallest absolute Gasteiger partial charge is 0.399 e. The predicted molar refractivity (Wildman–Crippen MR) is 76.7 cm³/mol. The van der Waals surface area contributed by atoms with Gasteiger partial charge in [-0.05, 0) is 39.2 Å². The molecule has 0 amide bonds. The number of alkyl halides is 2. The Bertz CT molecular complexity index is 510. The van der Waals surface area contributed by atoms with Gasteiger partial charge in [-0.25, -0.2) is 8.78 Å². The fourth-order valence-corrected chi connectivity index (χ4v) is 2.29. The molecule has 0 aromatic heterocycles. The first-order valence-electron chi connectivity index (χ1n) is 6.47. The Morgan fingerprint density at radius 2 is 1.60 bits per heavy atom. The average molecular weight is 303 g/mol. The Morgan fingerprint density at radius 3 is 2.05 bits per heavy atom. The first-order chi connectivity index (χ1) is 8.94. The molecule has 110 valence electrons. The zero-order valence-electron chi connectivity index (χ0n) is 12.3. The van der Waals surface area contributed by atoms with E-state index in [0.29, 0.717) is 5.46 Å². The summed E-state index contributed by atoms with van der Waals surface area (Å²) in [5, 5.41) is 0.0396. The van der Waals surface area contributed by atoms with Crippen LogP contribution < -0.4 is 5.46 Å². The molecule has 1 fully saturated rings. The van der Waals surface area contributed by atoms with Crippen molar-refractivity contribution in [2.24, 2.45) is 0 Å². The van der Waals surface area contributed by atoms with Crippen molar-refractivity contribution in [1.29, 1.82) is 0 Å². The third-order valence-electron chi connectivity index (χ3n) is 3.99. The third kappa shape index (κ3) is 2.71. The van der Waals surface area contributed by atoms with Crippen LogP contribution >= 0.6 is 11.6 Å². The van der Waals surface area contributed by atoms with Gasteiger partial charge in [0.1, 0.15) is 0 Å². The van der Waals surface area contributed by atoms with Gasteiger partial charge in [0.25, 0.3) is 5.92 Å². The highest BCUT2D eigenvalue weighted by molar-refractivity contribution is 6.62. The molecule has 0 bridgehead atoms. The van der Waals surface area contributed by atoms with E-state index in [1.165, 1.54) is 12.1 Å². The lowest BCUT2D eigenvalue weighted by atomic mass is 9.78. The van der Waals surface area contributed by atoms with Crippen LogP contribution in [0.2, 0.25) is 5.02 Å². The molecule has 1 saturated heterocycles.